The van der Waals surface area contributed by atoms with Gasteiger partial charge in [0.1, 0.15) is 5.82 Å². The smallest absolute Gasteiger partial charge is 0.335 e. The summed E-state index contributed by atoms with van der Waals surface area (Å²) in [5.41, 5.74) is 5.47. The summed E-state index contributed by atoms with van der Waals surface area (Å²) in [6, 6.07) is 30.3. The number of hydrogen-bond acceptors (Lipinski definition) is 3. The minimum Gasteiger partial charge on any atom is -0.478 e. The molecule has 6 aromatic rings. The first kappa shape index (κ1) is 26.0. The molecule has 2 N–H and O–H groups in total. The third-order valence-electron chi connectivity index (χ3n) is 7.26. The molecule has 6 nitrogen and oxygen atoms in total. The molecule has 2 heterocycles. The third-order valence-corrected chi connectivity index (χ3v) is 7.26. The zero-order chi connectivity index (χ0) is 28.5. The highest BCUT2D eigenvalue weighted by atomic mass is 19.1. The summed E-state index contributed by atoms with van der Waals surface area (Å²) in [4.78, 5) is 29.7. The van der Waals surface area contributed by atoms with Crippen molar-refractivity contribution in [3.63, 3.8) is 0 Å². The number of carbonyl (C=O) groups excluding carboxylic acids is 1. The van der Waals surface area contributed by atoms with E-state index in [0.29, 0.717) is 17.6 Å². The third kappa shape index (κ3) is 5.30. The Morgan fingerprint density at radius 2 is 1.63 bits per heavy atom. The molecule has 1 amide bonds. The highest BCUT2D eigenvalue weighted by Gasteiger charge is 2.19. The van der Waals surface area contributed by atoms with Crippen LogP contribution >= 0.6 is 0 Å². The van der Waals surface area contributed by atoms with E-state index >= 15 is 0 Å². The Hall–Kier alpha value is -5.30. The van der Waals surface area contributed by atoms with Crippen molar-refractivity contribution in [1.82, 2.24) is 14.9 Å². The fraction of sp³-hybridized carbons (Fsp3) is 0.0882. The van der Waals surface area contributed by atoms with Crippen LogP contribution in [0, 0.1) is 5.82 Å². The number of amides is 1. The lowest BCUT2D eigenvalue weighted by Gasteiger charge is -2.17. The molecule has 0 aliphatic rings. The van der Waals surface area contributed by atoms with Crippen molar-refractivity contribution in [3.8, 4) is 11.1 Å². The van der Waals surface area contributed by atoms with Gasteiger partial charge in [-0.3, -0.25) is 9.78 Å². The molecular weight excluding hydrogens is 517 g/mol. The Morgan fingerprint density at radius 1 is 0.878 bits per heavy atom. The molecule has 0 radical (unpaired) electrons. The molecule has 1 atom stereocenters. The summed E-state index contributed by atoms with van der Waals surface area (Å²) in [5, 5.41) is 14.1. The molecule has 0 saturated carbocycles. The monoisotopic (exact) mass is 543 g/mol. The van der Waals surface area contributed by atoms with Gasteiger partial charge in [-0.2, -0.15) is 0 Å². The van der Waals surface area contributed by atoms with Crippen LogP contribution in [0.5, 0.6) is 0 Å². The van der Waals surface area contributed by atoms with Crippen LogP contribution in [0.25, 0.3) is 32.9 Å². The Morgan fingerprint density at radius 3 is 2.39 bits per heavy atom. The predicted octanol–water partition coefficient (Wildman–Crippen LogP) is 7.23. The van der Waals surface area contributed by atoms with Crippen LogP contribution in [0.1, 0.15) is 44.9 Å². The minimum atomic E-state index is -1.000. The van der Waals surface area contributed by atoms with Gasteiger partial charge in [0.15, 0.2) is 0 Å². The summed E-state index contributed by atoms with van der Waals surface area (Å²) < 4.78 is 15.8. The van der Waals surface area contributed by atoms with Crippen molar-refractivity contribution >= 4 is 33.7 Å². The number of hydrogen-bond donors (Lipinski definition) is 2. The van der Waals surface area contributed by atoms with Crippen molar-refractivity contribution in [2.45, 2.75) is 19.5 Å². The molecule has 2 aromatic heterocycles. The molecule has 0 aliphatic carbocycles. The molecular formula is C34H26FN3O3. The first-order valence-electron chi connectivity index (χ1n) is 13.2. The second-order valence-electron chi connectivity index (χ2n) is 10.0. The van der Waals surface area contributed by atoms with Crippen LogP contribution in [0.3, 0.4) is 0 Å². The van der Waals surface area contributed by atoms with Crippen LogP contribution in [0.4, 0.5) is 4.39 Å². The second-order valence-corrected chi connectivity index (χ2v) is 10.0. The molecule has 6 rings (SSSR count). The van der Waals surface area contributed by atoms with Gasteiger partial charge in [-0.15, -0.1) is 0 Å². The van der Waals surface area contributed by atoms with Crippen molar-refractivity contribution in [2.24, 2.45) is 0 Å². The van der Waals surface area contributed by atoms with Crippen LogP contribution in [0.15, 0.2) is 109 Å². The number of aromatic nitrogens is 2. The van der Waals surface area contributed by atoms with E-state index in [1.165, 1.54) is 24.3 Å². The fourth-order valence-corrected chi connectivity index (χ4v) is 5.12. The quantitative estimate of drug-likeness (QED) is 0.222. The molecule has 0 fully saturated rings. The van der Waals surface area contributed by atoms with Crippen LogP contribution in [0.2, 0.25) is 0 Å². The van der Waals surface area contributed by atoms with Crippen LogP contribution in [-0.2, 0) is 6.54 Å². The Balaban J connectivity index is 1.39. The molecule has 0 spiro atoms. The minimum absolute atomic E-state index is 0.187. The summed E-state index contributed by atoms with van der Waals surface area (Å²) in [5.74, 6) is -1.59. The Bertz CT molecular complexity index is 1910. The normalized spacial score (nSPS) is 12.0. The number of nitrogens with one attached hydrogen (secondary N) is 1. The standard InChI is InChI=1S/C34H26FN3O3/c1-21(22-7-9-25(10-8-22)34(40)41)36-33(39)30-18-27(23-5-3-2-4-6-23)17-26-15-16-38(32(26)30)20-29-14-12-24-11-13-28(35)19-31(24)37-29/h2-19,21H,20H2,1H3,(H,36,39)(H,40,41)/t21-/m0/s1. The second kappa shape index (κ2) is 10.7. The van der Waals surface area contributed by atoms with Gasteiger partial charge >= 0.3 is 5.97 Å². The maximum Gasteiger partial charge on any atom is 0.335 e. The lowest BCUT2D eigenvalue weighted by Crippen LogP contribution is -2.27. The molecule has 41 heavy (non-hydrogen) atoms. The zero-order valence-electron chi connectivity index (χ0n) is 22.2. The molecule has 0 saturated heterocycles. The van der Waals surface area contributed by atoms with Crippen molar-refractivity contribution in [2.75, 3.05) is 0 Å². The summed E-state index contributed by atoms with van der Waals surface area (Å²) in [6.07, 6.45) is 1.93. The molecule has 7 heteroatoms. The maximum atomic E-state index is 13.8. The SMILES string of the molecule is C[C@H](NC(=O)c1cc(-c2ccccc2)cc2ccn(Cc3ccc4ccc(F)cc4n3)c12)c1ccc(C(=O)O)cc1. The lowest BCUT2D eigenvalue weighted by molar-refractivity contribution is 0.0696. The van der Waals surface area contributed by atoms with Crippen LogP contribution < -0.4 is 5.32 Å². The zero-order valence-corrected chi connectivity index (χ0v) is 22.2. The van der Waals surface area contributed by atoms with E-state index in [0.717, 1.165) is 38.7 Å². The van der Waals surface area contributed by atoms with E-state index in [-0.39, 0.29) is 23.3 Å². The number of rotatable bonds is 7. The fourth-order valence-electron chi connectivity index (χ4n) is 5.12. The predicted molar refractivity (Wildman–Crippen MR) is 157 cm³/mol. The first-order valence-corrected chi connectivity index (χ1v) is 13.2. The van der Waals surface area contributed by atoms with Gasteiger partial charge in [-0.1, -0.05) is 48.5 Å². The van der Waals surface area contributed by atoms with Crippen molar-refractivity contribution in [3.05, 3.63) is 138 Å². The summed E-state index contributed by atoms with van der Waals surface area (Å²) in [7, 11) is 0. The maximum absolute atomic E-state index is 13.8. The van der Waals surface area contributed by atoms with Gasteiger partial charge in [-0.05, 0) is 72.1 Å². The van der Waals surface area contributed by atoms with E-state index in [1.54, 1.807) is 18.2 Å². The van der Waals surface area contributed by atoms with Gasteiger partial charge < -0.3 is 15.0 Å². The summed E-state index contributed by atoms with van der Waals surface area (Å²) in [6.45, 7) is 2.26. The molecule has 202 valence electrons. The topological polar surface area (TPSA) is 84.2 Å². The van der Waals surface area contributed by atoms with Crippen molar-refractivity contribution in [1.29, 1.82) is 0 Å². The molecule has 4 aromatic carbocycles. The number of nitrogens with zero attached hydrogens (tertiary/aromatic N) is 2. The average molecular weight is 544 g/mol. The van der Waals surface area contributed by atoms with Crippen molar-refractivity contribution < 1.29 is 19.1 Å². The summed E-state index contributed by atoms with van der Waals surface area (Å²) >= 11 is 0. The molecule has 0 unspecified atom stereocenters. The average Bonchev–Trinajstić information content (AvgIpc) is 3.39. The number of carbonyl (C=O) groups is 2. The number of pyridine rings is 1. The van der Waals surface area contributed by atoms with Gasteiger partial charge in [0.05, 0.1) is 40.4 Å². The van der Waals surface area contributed by atoms with E-state index in [9.17, 15) is 19.1 Å². The van der Waals surface area contributed by atoms with E-state index < -0.39 is 5.97 Å². The molecule has 0 aliphatic heterocycles. The van der Waals surface area contributed by atoms with Crippen LogP contribution in [-0.4, -0.2) is 26.5 Å². The molecule has 0 bridgehead atoms. The number of fused-ring (bicyclic) bond motifs is 2. The Kier molecular flexibility index (Phi) is 6.77. The number of aromatic carboxylic acids is 1. The van der Waals surface area contributed by atoms with Gasteiger partial charge in [-0.25, -0.2) is 9.18 Å². The largest absolute Gasteiger partial charge is 0.478 e. The van der Waals surface area contributed by atoms with Gasteiger partial charge in [0.25, 0.3) is 5.91 Å². The van der Waals surface area contributed by atoms with E-state index in [4.69, 9.17) is 0 Å². The number of carboxylic acid groups (broad SMARTS) is 1. The highest BCUT2D eigenvalue weighted by Crippen LogP contribution is 2.30. The van der Waals surface area contributed by atoms with E-state index in [2.05, 4.69) is 16.4 Å². The highest BCUT2D eigenvalue weighted by molar-refractivity contribution is 6.08. The van der Waals surface area contributed by atoms with Gasteiger partial charge in [0.2, 0.25) is 0 Å². The first-order chi connectivity index (χ1) is 19.9. The lowest BCUT2D eigenvalue weighted by atomic mass is 9.99. The van der Waals surface area contributed by atoms with Gasteiger partial charge in [0, 0.05) is 23.0 Å². The van der Waals surface area contributed by atoms with E-state index in [1.807, 2.05) is 72.3 Å². The Labute approximate surface area is 235 Å². The number of benzene rings is 4. The number of carboxylic acids is 1. The number of halogens is 1.